The summed E-state index contributed by atoms with van der Waals surface area (Å²) in [6, 6.07) is 19.4. The number of carbonyl (C=O) groups is 1. The van der Waals surface area contributed by atoms with Gasteiger partial charge in [-0.3, -0.25) is 4.79 Å². The van der Waals surface area contributed by atoms with E-state index in [4.69, 9.17) is 0 Å². The molecular formula is C23H23BrN2O2. The van der Waals surface area contributed by atoms with Crippen LogP contribution in [0, 0.1) is 0 Å². The molecule has 4 nitrogen and oxygen atoms in total. The predicted octanol–water partition coefficient (Wildman–Crippen LogP) is 4.14. The average molecular weight is 439 g/mol. The van der Waals surface area contributed by atoms with Crippen molar-refractivity contribution in [2.24, 2.45) is 0 Å². The monoisotopic (exact) mass is 438 g/mol. The van der Waals surface area contributed by atoms with E-state index in [1.165, 1.54) is 0 Å². The first-order chi connectivity index (χ1) is 13.4. The molecule has 1 N–H and O–H groups in total. The van der Waals surface area contributed by atoms with E-state index in [-0.39, 0.29) is 5.91 Å². The Morgan fingerprint density at radius 3 is 2.54 bits per heavy atom. The molecular weight excluding hydrogens is 416 g/mol. The molecule has 0 saturated heterocycles. The van der Waals surface area contributed by atoms with E-state index in [2.05, 4.69) is 20.8 Å². The number of hydrogen-bond donors (Lipinski definition) is 1. The van der Waals surface area contributed by atoms with Crippen LogP contribution in [0.4, 0.5) is 5.69 Å². The van der Waals surface area contributed by atoms with Crippen LogP contribution in [-0.4, -0.2) is 43.1 Å². The van der Waals surface area contributed by atoms with Crippen molar-refractivity contribution in [3.63, 3.8) is 0 Å². The van der Waals surface area contributed by atoms with Gasteiger partial charge in [-0.25, -0.2) is 0 Å². The van der Waals surface area contributed by atoms with Gasteiger partial charge in [-0.15, -0.1) is 0 Å². The zero-order valence-corrected chi connectivity index (χ0v) is 17.6. The van der Waals surface area contributed by atoms with Crippen LogP contribution in [-0.2, 0) is 10.4 Å². The van der Waals surface area contributed by atoms with Crippen LogP contribution in [0.1, 0.15) is 17.5 Å². The lowest BCUT2D eigenvalue weighted by Gasteiger charge is -2.25. The molecule has 28 heavy (non-hydrogen) atoms. The van der Waals surface area contributed by atoms with E-state index >= 15 is 0 Å². The Kier molecular flexibility index (Phi) is 5.00. The Balaban J connectivity index is 1.82. The molecule has 1 amide bonds. The van der Waals surface area contributed by atoms with E-state index in [1.54, 1.807) is 4.90 Å². The van der Waals surface area contributed by atoms with Crippen molar-refractivity contribution >= 4 is 38.3 Å². The summed E-state index contributed by atoms with van der Waals surface area (Å²) >= 11 is 3.57. The number of nitrogens with zero attached hydrogens (tertiary/aromatic N) is 2. The molecule has 0 bridgehead atoms. The van der Waals surface area contributed by atoms with Gasteiger partial charge in [0.25, 0.3) is 5.91 Å². The molecule has 3 aromatic carbocycles. The quantitative estimate of drug-likeness (QED) is 0.650. The maximum Gasteiger partial charge on any atom is 0.268 e. The molecule has 4 rings (SSSR count). The minimum absolute atomic E-state index is 0.288. The van der Waals surface area contributed by atoms with Crippen molar-refractivity contribution in [1.29, 1.82) is 0 Å². The first-order valence-electron chi connectivity index (χ1n) is 9.40. The Morgan fingerprint density at radius 1 is 1.04 bits per heavy atom. The van der Waals surface area contributed by atoms with Gasteiger partial charge in [0.05, 0.1) is 5.69 Å². The number of anilines is 1. The largest absolute Gasteiger partial charge is 0.372 e. The Labute approximate surface area is 173 Å². The number of carbonyl (C=O) groups excluding carboxylic acids is 1. The normalized spacial score (nSPS) is 18.9. The molecule has 0 aliphatic carbocycles. The number of benzene rings is 3. The van der Waals surface area contributed by atoms with Gasteiger partial charge in [0.2, 0.25) is 0 Å². The summed E-state index contributed by atoms with van der Waals surface area (Å²) in [5.74, 6) is -0.288. The van der Waals surface area contributed by atoms with Gasteiger partial charge in [-0.1, -0.05) is 58.4 Å². The van der Waals surface area contributed by atoms with Gasteiger partial charge in [0.15, 0.2) is 5.60 Å². The summed E-state index contributed by atoms with van der Waals surface area (Å²) in [7, 11) is 4.03. The van der Waals surface area contributed by atoms with Crippen LogP contribution in [0.25, 0.3) is 10.8 Å². The fraction of sp³-hybridized carbons (Fsp3) is 0.261. The van der Waals surface area contributed by atoms with Crippen LogP contribution in [0.3, 0.4) is 0 Å². The number of aliphatic hydroxyl groups is 1. The minimum atomic E-state index is -1.70. The van der Waals surface area contributed by atoms with Crippen molar-refractivity contribution < 1.29 is 9.90 Å². The standard InChI is InChI=1S/C23H23BrN2O2/c1-25(2)13-6-14-26-20-10-5-9-19(24)21(20)23(28,22(26)27)18-12-11-16-7-3-4-8-17(16)15-18/h3-5,7-12,15,28H,6,13-14H2,1-2H3. The molecule has 1 aliphatic heterocycles. The second-order valence-electron chi connectivity index (χ2n) is 7.52. The van der Waals surface area contributed by atoms with E-state index in [0.29, 0.717) is 17.7 Å². The summed E-state index contributed by atoms with van der Waals surface area (Å²) in [6.45, 7) is 1.44. The molecule has 0 spiro atoms. The van der Waals surface area contributed by atoms with Crippen molar-refractivity contribution in [3.8, 4) is 0 Å². The first kappa shape index (κ1) is 19.1. The zero-order chi connectivity index (χ0) is 19.9. The van der Waals surface area contributed by atoms with Gasteiger partial charge >= 0.3 is 0 Å². The molecule has 144 valence electrons. The van der Waals surface area contributed by atoms with Crippen molar-refractivity contribution in [2.75, 3.05) is 32.1 Å². The van der Waals surface area contributed by atoms with Crippen LogP contribution in [0.15, 0.2) is 65.1 Å². The highest BCUT2D eigenvalue weighted by molar-refractivity contribution is 9.10. The maximum absolute atomic E-state index is 13.5. The Bertz CT molecular complexity index is 1050. The summed E-state index contributed by atoms with van der Waals surface area (Å²) in [5, 5.41) is 13.9. The average Bonchev–Trinajstić information content (AvgIpc) is 2.91. The third-order valence-corrected chi connectivity index (χ3v) is 6.01. The summed E-state index contributed by atoms with van der Waals surface area (Å²) in [4.78, 5) is 17.3. The third-order valence-electron chi connectivity index (χ3n) is 5.35. The van der Waals surface area contributed by atoms with Crippen molar-refractivity contribution in [2.45, 2.75) is 12.0 Å². The molecule has 1 unspecified atom stereocenters. The Morgan fingerprint density at radius 2 is 1.79 bits per heavy atom. The highest BCUT2D eigenvalue weighted by atomic mass is 79.9. The number of rotatable bonds is 5. The van der Waals surface area contributed by atoms with Crippen LogP contribution >= 0.6 is 15.9 Å². The molecule has 3 aromatic rings. The number of amides is 1. The summed E-state index contributed by atoms with van der Waals surface area (Å²) < 4.78 is 0.740. The molecule has 0 fully saturated rings. The number of fused-ring (bicyclic) bond motifs is 2. The van der Waals surface area contributed by atoms with E-state index in [9.17, 15) is 9.90 Å². The van der Waals surface area contributed by atoms with E-state index in [0.717, 1.165) is 33.9 Å². The van der Waals surface area contributed by atoms with Crippen LogP contribution < -0.4 is 4.90 Å². The van der Waals surface area contributed by atoms with E-state index in [1.807, 2.05) is 74.8 Å². The fourth-order valence-electron chi connectivity index (χ4n) is 3.96. The maximum atomic E-state index is 13.5. The van der Waals surface area contributed by atoms with Crippen LogP contribution in [0.5, 0.6) is 0 Å². The van der Waals surface area contributed by atoms with E-state index < -0.39 is 5.60 Å². The molecule has 0 saturated carbocycles. The lowest BCUT2D eigenvalue weighted by atomic mass is 9.86. The van der Waals surface area contributed by atoms with Gasteiger partial charge in [0.1, 0.15) is 0 Å². The molecule has 0 aromatic heterocycles. The fourth-order valence-corrected chi connectivity index (χ4v) is 4.60. The molecule has 1 aliphatic rings. The number of hydrogen-bond acceptors (Lipinski definition) is 3. The van der Waals surface area contributed by atoms with Gasteiger partial charge in [-0.05, 0) is 61.6 Å². The third kappa shape index (κ3) is 3.04. The predicted molar refractivity (Wildman–Crippen MR) is 117 cm³/mol. The Hall–Kier alpha value is -2.21. The highest BCUT2D eigenvalue weighted by Crippen LogP contribution is 2.48. The molecule has 5 heteroatoms. The summed E-state index contributed by atoms with van der Waals surface area (Å²) in [5.41, 5.74) is 0.297. The molecule has 1 heterocycles. The van der Waals surface area contributed by atoms with Gasteiger partial charge in [0, 0.05) is 16.6 Å². The highest BCUT2D eigenvalue weighted by Gasteiger charge is 2.52. The smallest absolute Gasteiger partial charge is 0.268 e. The summed E-state index contributed by atoms with van der Waals surface area (Å²) in [6.07, 6.45) is 0.832. The second kappa shape index (κ2) is 7.32. The number of halogens is 1. The SMILES string of the molecule is CN(C)CCCN1C(=O)C(O)(c2ccc3ccccc3c2)c2c(Br)cccc21. The minimum Gasteiger partial charge on any atom is -0.372 e. The van der Waals surface area contributed by atoms with Crippen molar-refractivity contribution in [1.82, 2.24) is 4.90 Å². The second-order valence-corrected chi connectivity index (χ2v) is 8.37. The van der Waals surface area contributed by atoms with Gasteiger partial charge < -0.3 is 14.9 Å². The first-order valence-corrected chi connectivity index (χ1v) is 10.2. The lowest BCUT2D eigenvalue weighted by Crippen LogP contribution is -2.42. The zero-order valence-electron chi connectivity index (χ0n) is 16.0. The topological polar surface area (TPSA) is 43.8 Å². The van der Waals surface area contributed by atoms with Gasteiger partial charge in [-0.2, -0.15) is 0 Å². The van der Waals surface area contributed by atoms with Crippen LogP contribution in [0.2, 0.25) is 0 Å². The molecule has 0 radical (unpaired) electrons. The lowest BCUT2D eigenvalue weighted by molar-refractivity contribution is -0.132. The van der Waals surface area contributed by atoms with Crippen molar-refractivity contribution in [3.05, 3.63) is 76.3 Å². The molecule has 1 atom stereocenters.